The monoisotopic (exact) mass is 303 g/mol. The maximum atomic E-state index is 12.0. The largest absolute Gasteiger partial charge is 0.449 e. The third-order valence-electron chi connectivity index (χ3n) is 4.05. The van der Waals surface area contributed by atoms with E-state index in [1.165, 1.54) is 0 Å². The van der Waals surface area contributed by atoms with Crippen LogP contribution in [0.2, 0.25) is 0 Å². The highest BCUT2D eigenvalue weighted by Gasteiger charge is 2.62. The Morgan fingerprint density at radius 1 is 1.25 bits per heavy atom. The van der Waals surface area contributed by atoms with Crippen molar-refractivity contribution < 1.29 is 19.1 Å². The number of carbonyl (C=O) groups excluding carboxylic acids is 2. The third-order valence-corrected chi connectivity index (χ3v) is 4.16. The molecule has 0 aromatic rings. The van der Waals surface area contributed by atoms with Crippen molar-refractivity contribution in [2.45, 2.75) is 64.0 Å². The van der Waals surface area contributed by atoms with E-state index in [2.05, 4.69) is 5.32 Å². The molecule has 0 aromatic heterocycles. The Morgan fingerprint density at radius 3 is 2.45 bits per heavy atom. The number of hydrogen-bond donors (Lipinski definition) is 1. The molecule has 0 atom stereocenters. The number of fused-ring (bicyclic) bond motifs is 2. The van der Waals surface area contributed by atoms with Gasteiger partial charge in [0.25, 0.3) is 0 Å². The van der Waals surface area contributed by atoms with Crippen LogP contribution in [0.5, 0.6) is 0 Å². The molecule has 0 unspecified atom stereocenters. The van der Waals surface area contributed by atoms with Gasteiger partial charge in [-0.1, -0.05) is 11.6 Å². The lowest BCUT2D eigenvalue weighted by atomic mass is 9.50. The molecule has 3 aliphatic rings. The number of alkyl carbamates (subject to hydrolysis) is 1. The summed E-state index contributed by atoms with van der Waals surface area (Å²) in [7, 11) is 0. The van der Waals surface area contributed by atoms with Gasteiger partial charge >= 0.3 is 12.1 Å². The van der Waals surface area contributed by atoms with Gasteiger partial charge in [-0.15, -0.1) is 0 Å². The molecule has 20 heavy (non-hydrogen) atoms. The molecule has 3 aliphatic carbocycles. The first-order valence-electron chi connectivity index (χ1n) is 6.95. The zero-order valence-electron chi connectivity index (χ0n) is 12.3. The molecule has 0 aliphatic heterocycles. The summed E-state index contributed by atoms with van der Waals surface area (Å²) >= 11 is 5.45. The normalized spacial score (nSPS) is 32.0. The van der Waals surface area contributed by atoms with Gasteiger partial charge in [-0.25, -0.2) is 4.79 Å². The highest BCUT2D eigenvalue weighted by Crippen LogP contribution is 2.58. The van der Waals surface area contributed by atoms with Crippen LogP contribution in [0.1, 0.15) is 52.9 Å². The summed E-state index contributed by atoms with van der Waals surface area (Å²) < 4.78 is 10.2. The summed E-state index contributed by atoms with van der Waals surface area (Å²) in [6.45, 7) is 5.48. The van der Waals surface area contributed by atoms with Crippen molar-refractivity contribution in [3.05, 3.63) is 0 Å². The van der Waals surface area contributed by atoms with Crippen molar-refractivity contribution in [3.8, 4) is 0 Å². The molecule has 1 N–H and O–H groups in total. The number of alkyl halides is 1. The molecule has 3 fully saturated rings. The van der Waals surface area contributed by atoms with Crippen LogP contribution in [-0.4, -0.2) is 29.3 Å². The maximum Gasteiger partial charge on any atom is 0.408 e. The van der Waals surface area contributed by atoms with E-state index in [-0.39, 0.29) is 17.6 Å². The fraction of sp³-hybridized carbons (Fsp3) is 0.857. The molecular weight excluding hydrogens is 282 g/mol. The van der Waals surface area contributed by atoms with Crippen LogP contribution in [0.3, 0.4) is 0 Å². The van der Waals surface area contributed by atoms with Crippen LogP contribution in [0.25, 0.3) is 0 Å². The summed E-state index contributed by atoms with van der Waals surface area (Å²) in [6.07, 6.45) is 3.40. The summed E-state index contributed by atoms with van der Waals surface area (Å²) in [5, 5.41) is 2.94. The zero-order chi connectivity index (χ0) is 15.0. The quantitative estimate of drug-likeness (QED) is 0.643. The molecule has 0 heterocycles. The van der Waals surface area contributed by atoms with Gasteiger partial charge < -0.3 is 14.8 Å². The van der Waals surface area contributed by atoms with Crippen molar-refractivity contribution in [1.29, 1.82) is 0 Å². The number of rotatable bonds is 3. The van der Waals surface area contributed by atoms with Gasteiger partial charge in [0, 0.05) is 5.54 Å². The van der Waals surface area contributed by atoms with E-state index in [0.717, 1.165) is 19.3 Å². The topological polar surface area (TPSA) is 64.6 Å². The van der Waals surface area contributed by atoms with Gasteiger partial charge in [0.2, 0.25) is 0 Å². The summed E-state index contributed by atoms with van der Waals surface area (Å²) in [5.41, 5.74) is -1.29. The van der Waals surface area contributed by atoms with E-state index in [1.54, 1.807) is 0 Å². The van der Waals surface area contributed by atoms with E-state index in [0.29, 0.717) is 12.8 Å². The fourth-order valence-electron chi connectivity index (χ4n) is 3.48. The number of hydrogen-bond acceptors (Lipinski definition) is 4. The van der Waals surface area contributed by atoms with Crippen molar-refractivity contribution in [3.63, 3.8) is 0 Å². The Balaban J connectivity index is 1.95. The number of esters is 1. The molecule has 2 bridgehead atoms. The average Bonchev–Trinajstić information content (AvgIpc) is 2.25. The predicted molar refractivity (Wildman–Crippen MR) is 74.4 cm³/mol. The van der Waals surface area contributed by atoms with E-state index in [1.807, 2.05) is 20.8 Å². The lowest BCUT2D eigenvalue weighted by Crippen LogP contribution is -2.67. The average molecular weight is 304 g/mol. The van der Waals surface area contributed by atoms with Crippen molar-refractivity contribution in [2.24, 2.45) is 5.41 Å². The second-order valence-electron chi connectivity index (χ2n) is 6.94. The Morgan fingerprint density at radius 2 is 1.90 bits per heavy atom. The first kappa shape index (κ1) is 15.4. The van der Waals surface area contributed by atoms with Gasteiger partial charge in [0.1, 0.15) is 5.60 Å². The van der Waals surface area contributed by atoms with Crippen molar-refractivity contribution in [1.82, 2.24) is 5.32 Å². The fourth-order valence-corrected chi connectivity index (χ4v) is 3.58. The van der Waals surface area contributed by atoms with Crippen LogP contribution in [-0.2, 0) is 14.3 Å². The molecule has 5 nitrogen and oxygen atoms in total. The first-order valence-corrected chi connectivity index (χ1v) is 7.48. The molecule has 3 rings (SSSR count). The number of carbonyl (C=O) groups is 2. The summed E-state index contributed by atoms with van der Waals surface area (Å²) in [6, 6.07) is -0.118. The van der Waals surface area contributed by atoms with E-state index in [9.17, 15) is 9.59 Å². The van der Waals surface area contributed by atoms with E-state index >= 15 is 0 Å². The Bertz CT molecular complexity index is 410. The van der Waals surface area contributed by atoms with Gasteiger partial charge in [0.05, 0.1) is 5.41 Å². The minimum absolute atomic E-state index is 0.118. The number of amides is 1. The molecule has 114 valence electrons. The second kappa shape index (κ2) is 5.10. The molecule has 0 aromatic carbocycles. The maximum absolute atomic E-state index is 12.0. The summed E-state index contributed by atoms with van der Waals surface area (Å²) in [5.74, 6) is -0.242. The Labute approximate surface area is 124 Å². The van der Waals surface area contributed by atoms with Gasteiger partial charge in [0.15, 0.2) is 6.07 Å². The van der Waals surface area contributed by atoms with Crippen LogP contribution >= 0.6 is 11.6 Å². The van der Waals surface area contributed by atoms with Crippen LogP contribution in [0.15, 0.2) is 0 Å². The van der Waals surface area contributed by atoms with Crippen molar-refractivity contribution >= 4 is 23.7 Å². The lowest BCUT2D eigenvalue weighted by Gasteiger charge is -2.58. The lowest BCUT2D eigenvalue weighted by molar-refractivity contribution is -0.172. The standard InChI is InChI=1S/C14H22ClNO4/c1-12(2,3)20-11(18)16-14-6-4-5-13(7-14,8-14)10(17)19-9-15/h4-9H2,1-3H3,(H,16,18). The predicted octanol–water partition coefficient (Wildman–Crippen LogP) is 2.95. The molecule has 0 radical (unpaired) electrons. The zero-order valence-corrected chi connectivity index (χ0v) is 13.0. The molecule has 0 spiro atoms. The first-order chi connectivity index (χ1) is 9.20. The molecule has 1 amide bonds. The van der Waals surface area contributed by atoms with Crippen LogP contribution in [0, 0.1) is 5.41 Å². The minimum atomic E-state index is -0.520. The number of ether oxygens (including phenoxy) is 2. The van der Waals surface area contributed by atoms with Gasteiger partial charge in [-0.05, 0) is 52.9 Å². The van der Waals surface area contributed by atoms with Crippen molar-refractivity contribution in [2.75, 3.05) is 6.07 Å². The SMILES string of the molecule is CC(C)(C)OC(=O)NC12CCCC(C(=O)OCCl)(C1)C2. The Hall–Kier alpha value is -0.970. The molecule has 3 saturated carbocycles. The highest BCUT2D eigenvalue weighted by atomic mass is 35.5. The Kier molecular flexibility index (Phi) is 3.93. The summed E-state index contributed by atoms with van der Waals surface area (Å²) in [4.78, 5) is 23.9. The second-order valence-corrected chi connectivity index (χ2v) is 7.15. The molecular formula is C14H22ClNO4. The van der Waals surface area contributed by atoms with Crippen LogP contribution in [0.4, 0.5) is 4.79 Å². The smallest absolute Gasteiger partial charge is 0.408 e. The third kappa shape index (κ3) is 3.03. The molecule has 6 heteroatoms. The van der Waals surface area contributed by atoms with E-state index in [4.69, 9.17) is 21.1 Å². The highest BCUT2D eigenvalue weighted by molar-refractivity contribution is 6.17. The van der Waals surface area contributed by atoms with Gasteiger partial charge in [-0.2, -0.15) is 0 Å². The molecule has 0 saturated heterocycles. The number of halogens is 1. The number of nitrogens with one attached hydrogen (secondary N) is 1. The van der Waals surface area contributed by atoms with Gasteiger partial charge in [-0.3, -0.25) is 4.79 Å². The van der Waals surface area contributed by atoms with E-state index < -0.39 is 17.1 Å². The minimum Gasteiger partial charge on any atom is -0.449 e. The van der Waals surface area contributed by atoms with Crippen LogP contribution < -0.4 is 5.32 Å².